The molecule has 2 aromatic heterocycles. The maximum atomic E-state index is 13.2. The summed E-state index contributed by atoms with van der Waals surface area (Å²) in [5, 5.41) is 14.0. The van der Waals surface area contributed by atoms with Crippen LogP contribution >= 0.6 is 0 Å². The third-order valence-electron chi connectivity index (χ3n) is 7.54. The second-order valence-electron chi connectivity index (χ2n) is 10.1. The first-order chi connectivity index (χ1) is 16.4. The van der Waals surface area contributed by atoms with Crippen molar-refractivity contribution in [2.24, 2.45) is 0 Å². The Morgan fingerprint density at radius 3 is 2.65 bits per heavy atom. The SMILES string of the molecule is CCC(c1nnnn1C(C)(C)CC)N(Cc1cc2ccc(OC)cc2[nH]c1=O)C1CCCCC1. The molecule has 1 fully saturated rings. The summed E-state index contributed by atoms with van der Waals surface area (Å²) in [4.78, 5) is 18.7. The molecular formula is C26H38N6O2. The van der Waals surface area contributed by atoms with Crippen LogP contribution in [0.15, 0.2) is 29.1 Å². The Morgan fingerprint density at radius 2 is 1.97 bits per heavy atom. The number of benzene rings is 1. The van der Waals surface area contributed by atoms with E-state index in [0.717, 1.165) is 53.7 Å². The number of tetrazole rings is 1. The number of fused-ring (bicyclic) bond motifs is 1. The van der Waals surface area contributed by atoms with Crippen LogP contribution < -0.4 is 10.3 Å². The van der Waals surface area contributed by atoms with E-state index in [9.17, 15) is 4.79 Å². The van der Waals surface area contributed by atoms with Crippen molar-refractivity contribution in [2.75, 3.05) is 7.11 Å². The molecule has 1 aliphatic rings. The highest BCUT2D eigenvalue weighted by molar-refractivity contribution is 5.80. The molecule has 1 saturated carbocycles. The lowest BCUT2D eigenvalue weighted by Crippen LogP contribution is -2.42. The minimum atomic E-state index is -0.177. The highest BCUT2D eigenvalue weighted by atomic mass is 16.5. The molecule has 3 aromatic rings. The van der Waals surface area contributed by atoms with Gasteiger partial charge in [-0.25, -0.2) is 4.68 Å². The van der Waals surface area contributed by atoms with Crippen molar-refractivity contribution in [1.82, 2.24) is 30.1 Å². The van der Waals surface area contributed by atoms with E-state index in [2.05, 4.69) is 53.1 Å². The van der Waals surface area contributed by atoms with Gasteiger partial charge in [-0.2, -0.15) is 0 Å². The van der Waals surface area contributed by atoms with Gasteiger partial charge in [-0.3, -0.25) is 9.69 Å². The van der Waals surface area contributed by atoms with E-state index in [1.807, 2.05) is 28.9 Å². The lowest BCUT2D eigenvalue weighted by atomic mass is 9.91. The normalized spacial score (nSPS) is 16.3. The molecule has 4 rings (SSSR count). The lowest BCUT2D eigenvalue weighted by Gasteiger charge is -2.40. The average molecular weight is 467 g/mol. The molecule has 0 saturated heterocycles. The van der Waals surface area contributed by atoms with Crippen molar-refractivity contribution < 1.29 is 4.74 Å². The van der Waals surface area contributed by atoms with E-state index in [-0.39, 0.29) is 17.1 Å². The number of nitrogens with one attached hydrogen (secondary N) is 1. The Labute approximate surface area is 201 Å². The molecule has 1 atom stereocenters. The summed E-state index contributed by atoms with van der Waals surface area (Å²) >= 11 is 0. The molecule has 0 radical (unpaired) electrons. The number of rotatable bonds is 9. The van der Waals surface area contributed by atoms with Crippen LogP contribution in [0.2, 0.25) is 0 Å². The van der Waals surface area contributed by atoms with Crippen LogP contribution in [0.25, 0.3) is 10.9 Å². The number of hydrogen-bond donors (Lipinski definition) is 1. The maximum absolute atomic E-state index is 13.2. The van der Waals surface area contributed by atoms with Gasteiger partial charge in [0, 0.05) is 24.2 Å². The van der Waals surface area contributed by atoms with E-state index in [1.165, 1.54) is 19.3 Å². The summed E-state index contributed by atoms with van der Waals surface area (Å²) in [6, 6.07) is 8.26. The largest absolute Gasteiger partial charge is 0.497 e. The molecule has 0 aliphatic heterocycles. The predicted molar refractivity (Wildman–Crippen MR) is 134 cm³/mol. The Kier molecular flexibility index (Phi) is 7.36. The third kappa shape index (κ3) is 4.87. The van der Waals surface area contributed by atoms with Gasteiger partial charge >= 0.3 is 0 Å². The summed E-state index contributed by atoms with van der Waals surface area (Å²) in [5.74, 6) is 1.62. The van der Waals surface area contributed by atoms with Crippen LogP contribution in [0.1, 0.15) is 90.1 Å². The minimum absolute atomic E-state index is 0.0369. The zero-order valence-corrected chi connectivity index (χ0v) is 21.2. The van der Waals surface area contributed by atoms with Crippen LogP contribution in [0.5, 0.6) is 5.75 Å². The number of nitrogens with zero attached hydrogens (tertiary/aromatic N) is 5. The zero-order valence-electron chi connectivity index (χ0n) is 21.2. The first kappa shape index (κ1) is 24.4. The first-order valence-corrected chi connectivity index (χ1v) is 12.6. The average Bonchev–Trinajstić information content (AvgIpc) is 3.35. The molecule has 0 amide bonds. The van der Waals surface area contributed by atoms with Gasteiger partial charge in [0.25, 0.3) is 5.56 Å². The van der Waals surface area contributed by atoms with Gasteiger partial charge in [0.1, 0.15) is 5.75 Å². The van der Waals surface area contributed by atoms with Crippen molar-refractivity contribution in [1.29, 1.82) is 0 Å². The Balaban J connectivity index is 1.74. The Morgan fingerprint density at radius 1 is 1.21 bits per heavy atom. The van der Waals surface area contributed by atoms with E-state index < -0.39 is 0 Å². The molecule has 0 bridgehead atoms. The first-order valence-electron chi connectivity index (χ1n) is 12.6. The van der Waals surface area contributed by atoms with Crippen molar-refractivity contribution >= 4 is 10.9 Å². The molecule has 34 heavy (non-hydrogen) atoms. The van der Waals surface area contributed by atoms with E-state index in [1.54, 1.807) is 7.11 Å². The van der Waals surface area contributed by atoms with E-state index in [4.69, 9.17) is 4.74 Å². The number of methoxy groups -OCH3 is 1. The fraction of sp³-hybridized carbons (Fsp3) is 0.615. The van der Waals surface area contributed by atoms with Gasteiger partial charge in [0.2, 0.25) is 0 Å². The van der Waals surface area contributed by atoms with Crippen molar-refractivity contribution in [2.45, 2.75) is 96.8 Å². The van der Waals surface area contributed by atoms with Crippen molar-refractivity contribution in [3.8, 4) is 5.75 Å². The molecule has 1 unspecified atom stereocenters. The number of aromatic amines is 1. The molecule has 2 heterocycles. The molecule has 8 nitrogen and oxygen atoms in total. The molecular weight excluding hydrogens is 428 g/mol. The van der Waals surface area contributed by atoms with Gasteiger partial charge in [0.15, 0.2) is 5.82 Å². The fourth-order valence-electron chi connectivity index (χ4n) is 5.12. The minimum Gasteiger partial charge on any atom is -0.497 e. The van der Waals surface area contributed by atoms with E-state index >= 15 is 0 Å². The lowest BCUT2D eigenvalue weighted by molar-refractivity contribution is 0.0801. The van der Waals surface area contributed by atoms with Crippen molar-refractivity contribution in [3.05, 3.63) is 46.0 Å². The van der Waals surface area contributed by atoms with Crippen LogP contribution in [0.3, 0.4) is 0 Å². The number of pyridine rings is 1. The second kappa shape index (κ2) is 10.3. The highest BCUT2D eigenvalue weighted by Crippen LogP contribution is 2.34. The molecule has 184 valence electrons. The van der Waals surface area contributed by atoms with Crippen LogP contribution in [-0.2, 0) is 12.1 Å². The molecule has 1 N–H and O–H groups in total. The summed E-state index contributed by atoms with van der Waals surface area (Å²) < 4.78 is 7.31. The van der Waals surface area contributed by atoms with Crippen LogP contribution in [-0.4, -0.2) is 43.2 Å². The molecule has 1 aliphatic carbocycles. The van der Waals surface area contributed by atoms with Gasteiger partial charge in [0.05, 0.1) is 24.2 Å². The topological polar surface area (TPSA) is 88.9 Å². The number of ether oxygens (including phenoxy) is 1. The Hall–Kier alpha value is -2.74. The van der Waals surface area contributed by atoms with Gasteiger partial charge in [-0.1, -0.05) is 33.1 Å². The zero-order chi connectivity index (χ0) is 24.3. The quantitative estimate of drug-likeness (QED) is 0.480. The second-order valence-corrected chi connectivity index (χ2v) is 10.1. The monoisotopic (exact) mass is 466 g/mol. The molecule has 1 aromatic carbocycles. The summed E-state index contributed by atoms with van der Waals surface area (Å²) in [7, 11) is 1.63. The molecule has 8 heteroatoms. The van der Waals surface area contributed by atoms with Crippen molar-refractivity contribution in [3.63, 3.8) is 0 Å². The maximum Gasteiger partial charge on any atom is 0.252 e. The predicted octanol–water partition coefficient (Wildman–Crippen LogP) is 4.95. The van der Waals surface area contributed by atoms with Crippen LogP contribution in [0.4, 0.5) is 0 Å². The Bertz CT molecular complexity index is 1160. The fourth-order valence-corrected chi connectivity index (χ4v) is 5.12. The third-order valence-corrected chi connectivity index (χ3v) is 7.54. The van der Waals surface area contributed by atoms with Crippen LogP contribution in [0, 0.1) is 0 Å². The molecule has 0 spiro atoms. The van der Waals surface area contributed by atoms with E-state index in [0.29, 0.717) is 12.6 Å². The van der Waals surface area contributed by atoms with Gasteiger partial charge < -0.3 is 9.72 Å². The summed E-state index contributed by atoms with van der Waals surface area (Å²) in [5.41, 5.74) is 1.34. The van der Waals surface area contributed by atoms with Gasteiger partial charge in [-0.05, 0) is 73.5 Å². The summed E-state index contributed by atoms with van der Waals surface area (Å²) in [6.45, 7) is 9.27. The number of hydrogen-bond acceptors (Lipinski definition) is 6. The standard InChI is InChI=1S/C26H38N6O2/c1-6-23(24-28-29-30-32(24)26(3,4)7-2)31(20-11-9-8-10-12-20)17-19-15-18-13-14-21(34-5)16-22(18)27-25(19)33/h13-16,20,23H,6-12,17H2,1-5H3,(H,27,33). The van der Waals surface area contributed by atoms with Gasteiger partial charge in [-0.15, -0.1) is 5.10 Å². The summed E-state index contributed by atoms with van der Waals surface area (Å²) in [6.07, 6.45) is 7.79. The number of aromatic nitrogens is 5. The smallest absolute Gasteiger partial charge is 0.252 e. The highest BCUT2D eigenvalue weighted by Gasteiger charge is 2.34. The number of H-pyrrole nitrogens is 1.